The summed E-state index contributed by atoms with van der Waals surface area (Å²) < 4.78 is 6.82. The van der Waals surface area contributed by atoms with Crippen molar-refractivity contribution in [2.24, 2.45) is 0 Å². The van der Waals surface area contributed by atoms with Gasteiger partial charge in [-0.25, -0.2) is 4.79 Å². The summed E-state index contributed by atoms with van der Waals surface area (Å²) in [5.74, 6) is -0.374. The summed E-state index contributed by atoms with van der Waals surface area (Å²) in [6.45, 7) is 2.58. The highest BCUT2D eigenvalue weighted by Crippen LogP contribution is 2.20. The Labute approximate surface area is 145 Å². The Morgan fingerprint density at radius 3 is 2.50 bits per heavy atom. The Morgan fingerprint density at radius 2 is 1.83 bits per heavy atom. The van der Waals surface area contributed by atoms with Crippen LogP contribution in [0.1, 0.15) is 23.0 Å². The van der Waals surface area contributed by atoms with E-state index in [9.17, 15) is 4.79 Å². The maximum atomic E-state index is 12.3. The molecular formula is C19H17ClN2O2. The van der Waals surface area contributed by atoms with Crippen LogP contribution < -0.4 is 0 Å². The van der Waals surface area contributed by atoms with Crippen LogP contribution in [0.4, 0.5) is 0 Å². The fraction of sp³-hybridized carbons (Fsp3) is 0.158. The molecule has 0 saturated heterocycles. The normalized spacial score (nSPS) is 10.6. The molecule has 0 atom stereocenters. The first-order valence-corrected chi connectivity index (χ1v) is 8.10. The van der Waals surface area contributed by atoms with Crippen LogP contribution in [0.2, 0.25) is 5.02 Å². The first-order chi connectivity index (χ1) is 11.7. The molecule has 4 nitrogen and oxygen atoms in total. The Hall–Kier alpha value is -2.59. The van der Waals surface area contributed by atoms with Gasteiger partial charge in [0, 0.05) is 10.6 Å². The van der Waals surface area contributed by atoms with E-state index in [1.54, 1.807) is 17.7 Å². The molecule has 24 heavy (non-hydrogen) atoms. The molecule has 0 saturated carbocycles. The number of aromatic nitrogens is 2. The monoisotopic (exact) mass is 340 g/mol. The second-order valence-corrected chi connectivity index (χ2v) is 5.72. The van der Waals surface area contributed by atoms with Crippen LogP contribution in [0.15, 0.2) is 60.7 Å². The van der Waals surface area contributed by atoms with Crippen LogP contribution in [0.5, 0.6) is 0 Å². The molecule has 3 rings (SSSR count). The second-order valence-electron chi connectivity index (χ2n) is 5.29. The van der Waals surface area contributed by atoms with Gasteiger partial charge in [-0.1, -0.05) is 54.1 Å². The van der Waals surface area contributed by atoms with Gasteiger partial charge < -0.3 is 4.74 Å². The minimum atomic E-state index is -0.374. The quantitative estimate of drug-likeness (QED) is 0.645. The molecule has 5 heteroatoms. The van der Waals surface area contributed by atoms with Gasteiger partial charge in [0.05, 0.1) is 18.8 Å². The van der Waals surface area contributed by atoms with Crippen LogP contribution in [0, 0.1) is 0 Å². The third kappa shape index (κ3) is 3.66. The third-order valence-corrected chi connectivity index (χ3v) is 3.83. The molecule has 0 aliphatic heterocycles. The summed E-state index contributed by atoms with van der Waals surface area (Å²) in [5.41, 5.74) is 3.14. The van der Waals surface area contributed by atoms with E-state index in [0.29, 0.717) is 23.9 Å². The Balaban J connectivity index is 1.97. The summed E-state index contributed by atoms with van der Waals surface area (Å²) in [6, 6.07) is 19.0. The molecule has 1 aromatic heterocycles. The molecule has 3 aromatic rings. The summed E-state index contributed by atoms with van der Waals surface area (Å²) in [5, 5.41) is 5.26. The zero-order valence-electron chi connectivity index (χ0n) is 13.3. The highest BCUT2D eigenvalue weighted by atomic mass is 35.5. The van der Waals surface area contributed by atoms with Gasteiger partial charge in [-0.3, -0.25) is 4.68 Å². The number of halogens is 1. The number of carbonyl (C=O) groups is 1. The minimum Gasteiger partial charge on any atom is -0.461 e. The molecule has 2 aromatic carbocycles. The van der Waals surface area contributed by atoms with Crippen LogP contribution in [0.25, 0.3) is 11.3 Å². The number of ether oxygens (including phenoxy) is 1. The number of hydrogen-bond donors (Lipinski definition) is 0. The zero-order chi connectivity index (χ0) is 16.9. The predicted octanol–water partition coefficient (Wildman–Crippen LogP) is 4.43. The average Bonchev–Trinajstić information content (AvgIpc) is 3.02. The lowest BCUT2D eigenvalue weighted by Gasteiger charge is -2.07. The number of nitrogens with zero attached hydrogens (tertiary/aromatic N) is 2. The Morgan fingerprint density at radius 1 is 1.12 bits per heavy atom. The minimum absolute atomic E-state index is 0.325. The van der Waals surface area contributed by atoms with Crippen molar-refractivity contribution in [3.8, 4) is 11.3 Å². The van der Waals surface area contributed by atoms with Crippen molar-refractivity contribution in [1.29, 1.82) is 0 Å². The summed E-state index contributed by atoms with van der Waals surface area (Å²) in [7, 11) is 0. The molecule has 0 unspecified atom stereocenters. The summed E-state index contributed by atoms with van der Waals surface area (Å²) in [4.78, 5) is 12.3. The number of hydrogen-bond acceptors (Lipinski definition) is 3. The number of esters is 1. The van der Waals surface area contributed by atoms with Crippen molar-refractivity contribution in [2.45, 2.75) is 13.5 Å². The van der Waals surface area contributed by atoms with Gasteiger partial charge in [-0.05, 0) is 30.7 Å². The first-order valence-electron chi connectivity index (χ1n) is 7.72. The zero-order valence-corrected chi connectivity index (χ0v) is 14.0. The molecule has 0 bridgehead atoms. The van der Waals surface area contributed by atoms with Gasteiger partial charge in [-0.2, -0.15) is 5.10 Å². The maximum absolute atomic E-state index is 12.3. The van der Waals surface area contributed by atoms with Gasteiger partial charge in [0.2, 0.25) is 0 Å². The number of carbonyl (C=O) groups excluding carboxylic acids is 1. The van der Waals surface area contributed by atoms with Crippen molar-refractivity contribution < 1.29 is 9.53 Å². The van der Waals surface area contributed by atoms with Crippen molar-refractivity contribution in [2.75, 3.05) is 6.61 Å². The maximum Gasteiger partial charge on any atom is 0.356 e. The molecule has 122 valence electrons. The molecule has 0 aliphatic rings. The fourth-order valence-corrected chi connectivity index (χ4v) is 2.55. The molecule has 0 amide bonds. The molecule has 0 N–H and O–H groups in total. The van der Waals surface area contributed by atoms with E-state index in [-0.39, 0.29) is 5.97 Å². The largest absolute Gasteiger partial charge is 0.461 e. The van der Waals surface area contributed by atoms with Gasteiger partial charge in [-0.15, -0.1) is 0 Å². The smallest absolute Gasteiger partial charge is 0.356 e. The topological polar surface area (TPSA) is 44.1 Å². The highest BCUT2D eigenvalue weighted by Gasteiger charge is 2.17. The van der Waals surface area contributed by atoms with Gasteiger partial charge >= 0.3 is 5.97 Å². The molecular weight excluding hydrogens is 324 g/mol. The van der Waals surface area contributed by atoms with Crippen molar-refractivity contribution in [3.63, 3.8) is 0 Å². The molecule has 1 heterocycles. The number of benzene rings is 2. The first kappa shape index (κ1) is 16.3. The summed E-state index contributed by atoms with van der Waals surface area (Å²) in [6.07, 6.45) is 0. The summed E-state index contributed by atoms with van der Waals surface area (Å²) >= 11 is 5.93. The second kappa shape index (κ2) is 7.32. The molecule has 0 spiro atoms. The van der Waals surface area contributed by atoms with Crippen molar-refractivity contribution >= 4 is 17.6 Å². The lowest BCUT2D eigenvalue weighted by molar-refractivity contribution is 0.0512. The highest BCUT2D eigenvalue weighted by molar-refractivity contribution is 6.30. The van der Waals surface area contributed by atoms with Gasteiger partial charge in [0.25, 0.3) is 0 Å². The standard InChI is InChI=1S/C19H17ClN2O2/c1-2-24-19(23)18-12-17(15-6-4-3-5-7-15)21-22(18)13-14-8-10-16(20)11-9-14/h3-12H,2,13H2,1H3. The van der Waals surface area contributed by atoms with E-state index in [1.807, 2.05) is 54.6 Å². The fourth-order valence-electron chi connectivity index (χ4n) is 2.42. The van der Waals surface area contributed by atoms with Crippen LogP contribution in [-0.2, 0) is 11.3 Å². The average molecular weight is 341 g/mol. The molecule has 0 fully saturated rings. The van der Waals surface area contributed by atoms with Crippen LogP contribution in [0.3, 0.4) is 0 Å². The van der Waals surface area contributed by atoms with E-state index < -0.39 is 0 Å². The number of rotatable bonds is 5. The van der Waals surface area contributed by atoms with E-state index in [4.69, 9.17) is 16.3 Å². The van der Waals surface area contributed by atoms with Crippen LogP contribution in [-0.4, -0.2) is 22.4 Å². The van der Waals surface area contributed by atoms with E-state index in [0.717, 1.165) is 16.8 Å². The third-order valence-electron chi connectivity index (χ3n) is 3.58. The van der Waals surface area contributed by atoms with Gasteiger partial charge in [0.15, 0.2) is 0 Å². The van der Waals surface area contributed by atoms with E-state index in [2.05, 4.69) is 5.10 Å². The predicted molar refractivity (Wildman–Crippen MR) is 94.2 cm³/mol. The molecule has 0 aliphatic carbocycles. The lowest BCUT2D eigenvalue weighted by Crippen LogP contribution is -2.14. The van der Waals surface area contributed by atoms with Crippen molar-refractivity contribution in [3.05, 3.63) is 76.9 Å². The lowest BCUT2D eigenvalue weighted by atomic mass is 10.1. The Bertz CT molecular complexity index is 826. The Kier molecular flexibility index (Phi) is 4.96. The SMILES string of the molecule is CCOC(=O)c1cc(-c2ccccc2)nn1Cc1ccc(Cl)cc1. The van der Waals surface area contributed by atoms with E-state index in [1.165, 1.54) is 0 Å². The molecule has 0 radical (unpaired) electrons. The van der Waals surface area contributed by atoms with Crippen molar-refractivity contribution in [1.82, 2.24) is 9.78 Å². The van der Waals surface area contributed by atoms with E-state index >= 15 is 0 Å². The van der Waals surface area contributed by atoms with Gasteiger partial charge in [0.1, 0.15) is 5.69 Å². The van der Waals surface area contributed by atoms with Crippen LogP contribution >= 0.6 is 11.6 Å².